The van der Waals surface area contributed by atoms with Gasteiger partial charge < -0.3 is 10.8 Å². The van der Waals surface area contributed by atoms with Crippen LogP contribution in [0.25, 0.3) is 0 Å². The fourth-order valence-electron chi connectivity index (χ4n) is 4.08. The molecule has 2 saturated carbocycles. The first-order chi connectivity index (χ1) is 9.06. The van der Waals surface area contributed by atoms with Gasteiger partial charge >= 0.3 is 0 Å². The molecule has 0 aliphatic heterocycles. The number of fused-ring (bicyclic) bond motifs is 2. The number of aliphatic hydroxyl groups is 1. The highest BCUT2D eigenvalue weighted by Gasteiger charge is 2.54. The number of aliphatic hydroxyl groups excluding tert-OH is 1. The predicted molar refractivity (Wildman–Crippen MR) is 81.5 cm³/mol. The van der Waals surface area contributed by atoms with Crippen LogP contribution in [0.4, 0.5) is 0 Å². The van der Waals surface area contributed by atoms with E-state index in [2.05, 4.69) is 36.8 Å². The van der Waals surface area contributed by atoms with Gasteiger partial charge in [-0.3, -0.25) is 4.98 Å². The first kappa shape index (κ1) is 14.0. The minimum atomic E-state index is -0.574. The number of hydrogen-bond acceptors (Lipinski definition) is 3. The number of aromatic nitrogens is 1. The van der Waals surface area contributed by atoms with E-state index in [1.165, 1.54) is 19.3 Å². The standard InChI is InChI=1S/C14H18Br2N2O/c15-10-4-11(16)12(18-6-10)13(19)14(7-17)5-8-1-2-9(14)3-8/h4,6,8-9,13,19H,1-3,5,7,17H2. The fraction of sp³-hybridized carbons (Fsp3) is 0.643. The Morgan fingerprint density at radius 2 is 2.26 bits per heavy atom. The highest BCUT2D eigenvalue weighted by molar-refractivity contribution is 9.11. The maximum absolute atomic E-state index is 10.9. The number of pyridine rings is 1. The zero-order chi connectivity index (χ0) is 13.6. The summed E-state index contributed by atoms with van der Waals surface area (Å²) in [5.41, 5.74) is 6.61. The summed E-state index contributed by atoms with van der Waals surface area (Å²) >= 11 is 6.90. The lowest BCUT2D eigenvalue weighted by molar-refractivity contribution is -0.0162. The molecule has 1 heterocycles. The van der Waals surface area contributed by atoms with Crippen LogP contribution >= 0.6 is 31.9 Å². The van der Waals surface area contributed by atoms with Gasteiger partial charge in [0.05, 0.1) is 5.69 Å². The predicted octanol–water partition coefficient (Wildman–Crippen LogP) is 3.41. The van der Waals surface area contributed by atoms with Crippen molar-refractivity contribution < 1.29 is 5.11 Å². The Labute approximate surface area is 130 Å². The van der Waals surface area contributed by atoms with Crippen LogP contribution < -0.4 is 5.73 Å². The molecule has 0 aromatic carbocycles. The van der Waals surface area contributed by atoms with Crippen molar-refractivity contribution in [3.63, 3.8) is 0 Å². The van der Waals surface area contributed by atoms with Crippen LogP contribution in [0.2, 0.25) is 0 Å². The van der Waals surface area contributed by atoms with Gasteiger partial charge in [0, 0.05) is 27.1 Å². The van der Waals surface area contributed by atoms with E-state index in [1.807, 2.05) is 6.07 Å². The van der Waals surface area contributed by atoms with Gasteiger partial charge in [0.2, 0.25) is 0 Å². The molecular formula is C14H18Br2N2O. The van der Waals surface area contributed by atoms with E-state index in [1.54, 1.807) is 6.20 Å². The van der Waals surface area contributed by atoms with Crippen LogP contribution in [-0.4, -0.2) is 16.6 Å². The monoisotopic (exact) mass is 388 g/mol. The highest BCUT2D eigenvalue weighted by atomic mass is 79.9. The lowest BCUT2D eigenvalue weighted by Crippen LogP contribution is -2.41. The van der Waals surface area contributed by atoms with Gasteiger partial charge in [-0.15, -0.1) is 0 Å². The molecule has 2 aliphatic rings. The second-order valence-electron chi connectivity index (χ2n) is 5.94. The van der Waals surface area contributed by atoms with Crippen molar-refractivity contribution in [1.82, 2.24) is 4.98 Å². The average molecular weight is 390 g/mol. The number of halogens is 2. The molecule has 4 atom stereocenters. The van der Waals surface area contributed by atoms with E-state index in [-0.39, 0.29) is 5.41 Å². The lowest BCUT2D eigenvalue weighted by atomic mass is 9.68. The molecule has 3 nitrogen and oxygen atoms in total. The Balaban J connectivity index is 1.96. The topological polar surface area (TPSA) is 59.1 Å². The second-order valence-corrected chi connectivity index (χ2v) is 7.71. The summed E-state index contributed by atoms with van der Waals surface area (Å²) in [6, 6.07) is 1.93. The van der Waals surface area contributed by atoms with Crippen molar-refractivity contribution in [3.8, 4) is 0 Å². The van der Waals surface area contributed by atoms with Crippen molar-refractivity contribution in [2.75, 3.05) is 6.54 Å². The quantitative estimate of drug-likeness (QED) is 0.832. The molecule has 3 rings (SSSR count). The van der Waals surface area contributed by atoms with Gasteiger partial charge in [0.15, 0.2) is 0 Å². The van der Waals surface area contributed by atoms with E-state index in [0.29, 0.717) is 12.5 Å². The molecule has 3 N–H and O–H groups in total. The average Bonchev–Trinajstić information content (AvgIpc) is 2.98. The number of rotatable bonds is 3. The number of nitrogens with two attached hydrogens (primary N) is 1. The van der Waals surface area contributed by atoms with Gasteiger partial charge in [0.1, 0.15) is 6.10 Å². The maximum Gasteiger partial charge on any atom is 0.104 e. The maximum atomic E-state index is 10.9. The molecule has 2 aliphatic carbocycles. The van der Waals surface area contributed by atoms with Crippen molar-refractivity contribution >= 4 is 31.9 Å². The van der Waals surface area contributed by atoms with Gasteiger partial charge in [-0.2, -0.15) is 0 Å². The van der Waals surface area contributed by atoms with Gasteiger partial charge in [0.25, 0.3) is 0 Å². The summed E-state index contributed by atoms with van der Waals surface area (Å²) in [5.74, 6) is 1.30. The van der Waals surface area contributed by atoms with E-state index < -0.39 is 6.10 Å². The van der Waals surface area contributed by atoms with E-state index in [0.717, 1.165) is 27.0 Å². The van der Waals surface area contributed by atoms with E-state index >= 15 is 0 Å². The summed E-state index contributed by atoms with van der Waals surface area (Å²) in [6.45, 7) is 0.541. The summed E-state index contributed by atoms with van der Waals surface area (Å²) < 4.78 is 1.76. The molecule has 2 fully saturated rings. The third-order valence-electron chi connectivity index (χ3n) is 5.04. The van der Waals surface area contributed by atoms with Crippen LogP contribution in [0.3, 0.4) is 0 Å². The fourth-order valence-corrected chi connectivity index (χ4v) is 5.29. The summed E-state index contributed by atoms with van der Waals surface area (Å²) in [5, 5.41) is 10.9. The van der Waals surface area contributed by atoms with Crippen LogP contribution in [-0.2, 0) is 0 Å². The summed E-state index contributed by atoms with van der Waals surface area (Å²) in [4.78, 5) is 4.40. The van der Waals surface area contributed by atoms with Crippen LogP contribution in [0.5, 0.6) is 0 Å². The number of hydrogen-bond donors (Lipinski definition) is 2. The molecule has 0 saturated heterocycles. The Bertz CT molecular complexity index is 496. The smallest absolute Gasteiger partial charge is 0.104 e. The molecule has 2 bridgehead atoms. The Morgan fingerprint density at radius 1 is 1.47 bits per heavy atom. The lowest BCUT2D eigenvalue weighted by Gasteiger charge is -2.40. The first-order valence-electron chi connectivity index (χ1n) is 6.76. The normalized spacial score (nSPS) is 34.7. The van der Waals surface area contributed by atoms with Crippen molar-refractivity contribution in [1.29, 1.82) is 0 Å². The third-order valence-corrected chi connectivity index (χ3v) is 6.11. The molecular weight excluding hydrogens is 372 g/mol. The summed E-state index contributed by atoms with van der Waals surface area (Å²) in [7, 11) is 0. The van der Waals surface area contributed by atoms with Crippen LogP contribution in [0, 0.1) is 17.3 Å². The molecule has 4 unspecified atom stereocenters. The van der Waals surface area contributed by atoms with Crippen molar-refractivity contribution in [2.24, 2.45) is 23.0 Å². The van der Waals surface area contributed by atoms with E-state index in [4.69, 9.17) is 5.73 Å². The zero-order valence-corrected chi connectivity index (χ0v) is 13.8. The van der Waals surface area contributed by atoms with Crippen molar-refractivity contribution in [2.45, 2.75) is 31.8 Å². The third kappa shape index (κ3) is 2.19. The van der Waals surface area contributed by atoms with Crippen LogP contribution in [0.15, 0.2) is 21.2 Å². The number of nitrogens with zero attached hydrogens (tertiary/aromatic N) is 1. The Hall–Kier alpha value is 0.0300. The van der Waals surface area contributed by atoms with Crippen molar-refractivity contribution in [3.05, 3.63) is 26.9 Å². The molecule has 1 aromatic heterocycles. The molecule has 104 valence electrons. The SMILES string of the molecule is NCC1(C(O)c2ncc(Br)cc2Br)CC2CCC1C2. The minimum absolute atomic E-state index is 0.174. The second kappa shape index (κ2) is 5.10. The molecule has 0 amide bonds. The first-order valence-corrected chi connectivity index (χ1v) is 8.34. The van der Waals surface area contributed by atoms with E-state index in [9.17, 15) is 5.11 Å². The largest absolute Gasteiger partial charge is 0.386 e. The molecule has 5 heteroatoms. The Kier molecular flexibility index (Phi) is 3.75. The highest BCUT2D eigenvalue weighted by Crippen LogP contribution is 2.60. The molecule has 0 radical (unpaired) electrons. The minimum Gasteiger partial charge on any atom is -0.386 e. The zero-order valence-electron chi connectivity index (χ0n) is 10.6. The Morgan fingerprint density at radius 3 is 2.79 bits per heavy atom. The molecule has 0 spiro atoms. The van der Waals surface area contributed by atoms with Gasteiger partial charge in [-0.05, 0) is 69.0 Å². The van der Waals surface area contributed by atoms with Gasteiger partial charge in [-0.1, -0.05) is 6.42 Å². The van der Waals surface area contributed by atoms with Crippen LogP contribution in [0.1, 0.15) is 37.5 Å². The molecule has 19 heavy (non-hydrogen) atoms. The molecule has 1 aromatic rings. The summed E-state index contributed by atoms with van der Waals surface area (Å²) in [6.07, 6.45) is 5.93. The van der Waals surface area contributed by atoms with Gasteiger partial charge in [-0.25, -0.2) is 0 Å².